The number of carbonyl (C=O) groups is 1. The monoisotopic (exact) mass is 377 g/mol. The second kappa shape index (κ2) is 6.78. The Morgan fingerprint density at radius 3 is 2.93 bits per heavy atom. The van der Waals surface area contributed by atoms with Crippen LogP contribution < -0.4 is 0 Å². The van der Waals surface area contributed by atoms with Crippen molar-refractivity contribution in [3.8, 4) is 0 Å². The van der Waals surface area contributed by atoms with Gasteiger partial charge < -0.3 is 9.42 Å². The van der Waals surface area contributed by atoms with E-state index in [0.717, 1.165) is 47.3 Å². The van der Waals surface area contributed by atoms with Crippen molar-refractivity contribution in [1.29, 1.82) is 0 Å². The summed E-state index contributed by atoms with van der Waals surface area (Å²) in [7, 11) is 0. The Balaban J connectivity index is 1.43. The predicted molar refractivity (Wildman–Crippen MR) is 106 cm³/mol. The van der Waals surface area contributed by atoms with Crippen LogP contribution in [0.25, 0.3) is 21.2 Å². The molecule has 1 saturated heterocycles. The van der Waals surface area contributed by atoms with Gasteiger partial charge >= 0.3 is 0 Å². The minimum absolute atomic E-state index is 0.0572. The first-order chi connectivity index (χ1) is 13.3. The van der Waals surface area contributed by atoms with Crippen LogP contribution in [0.3, 0.4) is 0 Å². The number of piperidine rings is 1. The van der Waals surface area contributed by atoms with E-state index in [1.54, 1.807) is 11.3 Å². The maximum atomic E-state index is 13.1. The largest absolute Gasteiger partial charge is 0.356 e. The third kappa shape index (κ3) is 3.00. The van der Waals surface area contributed by atoms with Crippen molar-refractivity contribution in [2.45, 2.75) is 31.7 Å². The van der Waals surface area contributed by atoms with E-state index in [2.05, 4.69) is 11.2 Å². The molecule has 136 valence electrons. The van der Waals surface area contributed by atoms with Crippen LogP contribution in [0.2, 0.25) is 0 Å². The zero-order valence-corrected chi connectivity index (χ0v) is 15.6. The average molecular weight is 377 g/mol. The highest BCUT2D eigenvalue weighted by Crippen LogP contribution is 2.36. The summed E-state index contributed by atoms with van der Waals surface area (Å²) < 4.78 is 6.53. The lowest BCUT2D eigenvalue weighted by Crippen LogP contribution is -2.39. The third-order valence-electron chi connectivity index (χ3n) is 5.19. The van der Waals surface area contributed by atoms with Gasteiger partial charge in [-0.05, 0) is 43.5 Å². The van der Waals surface area contributed by atoms with Crippen LogP contribution in [0.1, 0.15) is 36.0 Å². The van der Waals surface area contributed by atoms with Crippen molar-refractivity contribution in [1.82, 2.24) is 15.0 Å². The van der Waals surface area contributed by atoms with Crippen LogP contribution in [0, 0.1) is 0 Å². The zero-order valence-electron chi connectivity index (χ0n) is 14.8. The summed E-state index contributed by atoms with van der Waals surface area (Å²) in [6, 6.07) is 15.9. The second-order valence-corrected chi connectivity index (χ2v) is 7.98. The molecule has 0 bridgehead atoms. The molecule has 5 nitrogen and oxygen atoms in total. The van der Waals surface area contributed by atoms with Gasteiger partial charge in [0.1, 0.15) is 10.7 Å². The summed E-state index contributed by atoms with van der Waals surface area (Å²) in [5.41, 5.74) is 2.45. The van der Waals surface area contributed by atoms with Crippen LogP contribution in [0.5, 0.6) is 0 Å². The van der Waals surface area contributed by atoms with Gasteiger partial charge in [0, 0.05) is 11.9 Å². The number of benzene rings is 2. The number of nitrogens with zero attached hydrogens (tertiary/aromatic N) is 3. The van der Waals surface area contributed by atoms with Crippen molar-refractivity contribution in [3.05, 3.63) is 59.2 Å². The van der Waals surface area contributed by atoms with Gasteiger partial charge in [0.2, 0.25) is 5.91 Å². The van der Waals surface area contributed by atoms with Crippen LogP contribution in [0.4, 0.5) is 0 Å². The van der Waals surface area contributed by atoms with E-state index in [9.17, 15) is 4.79 Å². The van der Waals surface area contributed by atoms with Gasteiger partial charge in [0.15, 0.2) is 5.58 Å². The van der Waals surface area contributed by atoms with Crippen molar-refractivity contribution in [2.75, 3.05) is 6.54 Å². The molecule has 2 aromatic carbocycles. The van der Waals surface area contributed by atoms with Gasteiger partial charge in [-0.2, -0.15) is 0 Å². The van der Waals surface area contributed by atoms with Gasteiger partial charge in [-0.3, -0.25) is 4.79 Å². The molecule has 1 aliphatic heterocycles. The molecule has 0 radical (unpaired) electrons. The lowest BCUT2D eigenvalue weighted by atomic mass is 10.0. The molecular weight excluding hydrogens is 358 g/mol. The Morgan fingerprint density at radius 2 is 2.00 bits per heavy atom. The summed E-state index contributed by atoms with van der Waals surface area (Å²) in [6.07, 6.45) is 3.38. The molecular formula is C21H19N3O2S. The molecule has 1 fully saturated rings. The van der Waals surface area contributed by atoms with Crippen LogP contribution in [0.15, 0.2) is 53.1 Å². The van der Waals surface area contributed by atoms with Gasteiger partial charge in [-0.1, -0.05) is 29.4 Å². The lowest BCUT2D eigenvalue weighted by molar-refractivity contribution is -0.134. The number of amides is 1. The predicted octanol–water partition coefficient (Wildman–Crippen LogP) is 4.73. The average Bonchev–Trinajstić information content (AvgIpc) is 3.32. The number of fused-ring (bicyclic) bond motifs is 2. The molecule has 5 rings (SSSR count). The minimum atomic E-state index is 0.0572. The highest BCUT2D eigenvalue weighted by atomic mass is 32.1. The fraction of sp³-hybridized carbons (Fsp3) is 0.286. The number of carbonyl (C=O) groups excluding carboxylic acids is 1. The first-order valence-corrected chi connectivity index (χ1v) is 10.1. The standard InChI is InChI=1S/C21H19N3O2S/c25-20(13-16-14-7-1-3-10-18(14)26-23-16)24-12-6-5-9-17(24)21-22-15-8-2-4-11-19(15)27-21/h1-4,7-8,10-11,17H,5-6,9,12-13H2. The summed E-state index contributed by atoms with van der Waals surface area (Å²) >= 11 is 1.70. The lowest BCUT2D eigenvalue weighted by Gasteiger charge is -2.34. The van der Waals surface area contributed by atoms with Gasteiger partial charge in [-0.25, -0.2) is 4.98 Å². The highest BCUT2D eigenvalue weighted by molar-refractivity contribution is 7.18. The summed E-state index contributed by atoms with van der Waals surface area (Å²) in [5.74, 6) is 0.0954. The molecule has 1 unspecified atom stereocenters. The molecule has 1 aliphatic rings. The third-order valence-corrected chi connectivity index (χ3v) is 6.33. The van der Waals surface area contributed by atoms with E-state index in [1.165, 1.54) is 4.70 Å². The molecule has 4 aromatic rings. The number of aromatic nitrogens is 2. The van der Waals surface area contributed by atoms with Crippen LogP contribution in [-0.2, 0) is 11.2 Å². The van der Waals surface area contributed by atoms with Crippen molar-refractivity contribution in [3.63, 3.8) is 0 Å². The SMILES string of the molecule is O=C(Cc1noc2ccccc12)N1CCCCC1c1nc2ccccc2s1. The molecule has 1 amide bonds. The van der Waals surface area contributed by atoms with Crippen molar-refractivity contribution in [2.24, 2.45) is 0 Å². The number of likely N-dealkylation sites (tertiary alicyclic amines) is 1. The molecule has 3 heterocycles. The normalized spacial score (nSPS) is 17.6. The Labute approximate surface area is 160 Å². The van der Waals surface area contributed by atoms with Crippen molar-refractivity contribution >= 4 is 38.4 Å². The molecule has 0 aliphatic carbocycles. The molecule has 6 heteroatoms. The highest BCUT2D eigenvalue weighted by Gasteiger charge is 2.31. The fourth-order valence-corrected chi connectivity index (χ4v) is 4.95. The summed E-state index contributed by atoms with van der Waals surface area (Å²) in [6.45, 7) is 0.773. The Hall–Kier alpha value is -2.73. The minimum Gasteiger partial charge on any atom is -0.356 e. The Bertz CT molecular complexity index is 1080. The molecule has 27 heavy (non-hydrogen) atoms. The first-order valence-electron chi connectivity index (χ1n) is 9.28. The second-order valence-electron chi connectivity index (χ2n) is 6.92. The topological polar surface area (TPSA) is 59.2 Å². The zero-order chi connectivity index (χ0) is 18.2. The van der Waals surface area contributed by atoms with Crippen LogP contribution in [-0.4, -0.2) is 27.5 Å². The summed E-state index contributed by atoms with van der Waals surface area (Å²) in [4.78, 5) is 19.9. The molecule has 0 spiro atoms. The maximum Gasteiger partial charge on any atom is 0.229 e. The van der Waals surface area contributed by atoms with E-state index in [1.807, 2.05) is 47.4 Å². The van der Waals surface area contributed by atoms with E-state index in [0.29, 0.717) is 5.69 Å². The van der Waals surface area contributed by atoms with E-state index < -0.39 is 0 Å². The molecule has 0 saturated carbocycles. The van der Waals surface area contributed by atoms with Gasteiger partial charge in [0.25, 0.3) is 0 Å². The Kier molecular flexibility index (Phi) is 4.13. The number of para-hydroxylation sites is 2. The molecule has 1 atom stereocenters. The van der Waals surface area contributed by atoms with Crippen molar-refractivity contribution < 1.29 is 9.32 Å². The summed E-state index contributed by atoms with van der Waals surface area (Å²) in [5, 5.41) is 6.08. The Morgan fingerprint density at radius 1 is 1.15 bits per heavy atom. The maximum absolute atomic E-state index is 13.1. The van der Waals surface area contributed by atoms with E-state index in [4.69, 9.17) is 9.51 Å². The first kappa shape index (κ1) is 16.4. The smallest absolute Gasteiger partial charge is 0.229 e. The number of hydrogen-bond donors (Lipinski definition) is 0. The van der Waals surface area contributed by atoms with E-state index >= 15 is 0 Å². The molecule has 2 aromatic heterocycles. The van der Waals surface area contributed by atoms with E-state index in [-0.39, 0.29) is 18.4 Å². The number of hydrogen-bond acceptors (Lipinski definition) is 5. The number of rotatable bonds is 3. The van der Waals surface area contributed by atoms with Crippen LogP contribution >= 0.6 is 11.3 Å². The van der Waals surface area contributed by atoms with Gasteiger partial charge in [0.05, 0.1) is 22.7 Å². The fourth-order valence-electron chi connectivity index (χ4n) is 3.83. The van der Waals surface area contributed by atoms with Gasteiger partial charge in [-0.15, -0.1) is 11.3 Å². The number of thiazole rings is 1. The molecule has 0 N–H and O–H groups in total. The quantitative estimate of drug-likeness (QED) is 0.518.